The van der Waals surface area contributed by atoms with Crippen molar-refractivity contribution in [3.8, 4) is 11.1 Å². The molecule has 0 aliphatic heterocycles. The molecule has 0 spiro atoms. The van der Waals surface area contributed by atoms with Crippen molar-refractivity contribution in [2.75, 3.05) is 14.7 Å². The summed E-state index contributed by atoms with van der Waals surface area (Å²) in [5, 5.41) is 0. The lowest BCUT2D eigenvalue weighted by Gasteiger charge is -2.35. The Labute approximate surface area is 508 Å². The summed E-state index contributed by atoms with van der Waals surface area (Å²) in [4.78, 5) is 7.52. The van der Waals surface area contributed by atoms with Crippen LogP contribution in [0.25, 0.3) is 11.1 Å². The summed E-state index contributed by atoms with van der Waals surface area (Å²) >= 11 is 0. The van der Waals surface area contributed by atoms with E-state index in [4.69, 9.17) is 0 Å². The van der Waals surface area contributed by atoms with Gasteiger partial charge in [0.2, 0.25) is 0 Å². The summed E-state index contributed by atoms with van der Waals surface area (Å²) in [6, 6.07) is 36.3. The average molecular weight is 1110 g/mol. The van der Waals surface area contributed by atoms with Crippen LogP contribution in [0.3, 0.4) is 0 Å². The van der Waals surface area contributed by atoms with Gasteiger partial charge in [-0.1, -0.05) is 59.7 Å². The number of hydrogen-bond donors (Lipinski definition) is 0. The lowest BCUT2D eigenvalue weighted by atomic mass is 9.89. The molecule has 3 heteroatoms. The molecule has 0 aliphatic carbocycles. The summed E-state index contributed by atoms with van der Waals surface area (Å²) in [5.74, 6) is 0. The number of nitrogens with zero attached hydrogens (tertiary/aromatic N) is 3. The molecule has 0 bridgehead atoms. The first-order chi connectivity index (χ1) is 39.5. The van der Waals surface area contributed by atoms with Gasteiger partial charge in [0.25, 0.3) is 0 Å². The van der Waals surface area contributed by atoms with E-state index in [9.17, 15) is 0 Å². The van der Waals surface area contributed by atoms with E-state index in [2.05, 4.69) is 299 Å². The molecule has 9 aromatic rings. The highest BCUT2D eigenvalue weighted by Gasteiger charge is 2.29. The van der Waals surface area contributed by atoms with Crippen LogP contribution in [0.2, 0.25) is 0 Å². The van der Waals surface area contributed by atoms with Crippen LogP contribution in [-0.4, -0.2) is 0 Å². The van der Waals surface area contributed by atoms with Gasteiger partial charge in [0.1, 0.15) is 0 Å². The fourth-order valence-corrected chi connectivity index (χ4v) is 13.2. The normalized spacial score (nSPS) is 11.3. The zero-order chi connectivity index (χ0) is 62.0. The maximum atomic E-state index is 2.55. The molecule has 84 heavy (non-hydrogen) atoms. The van der Waals surface area contributed by atoms with Gasteiger partial charge in [-0.05, 0) is 386 Å². The van der Waals surface area contributed by atoms with Crippen molar-refractivity contribution in [1.29, 1.82) is 0 Å². The molecule has 0 heterocycles. The number of benzene rings is 9. The molecule has 0 radical (unpaired) electrons. The monoisotopic (exact) mass is 1110 g/mol. The first-order valence-electron chi connectivity index (χ1n) is 30.5. The minimum atomic E-state index is 1.16. The summed E-state index contributed by atoms with van der Waals surface area (Å²) in [5.41, 5.74) is 50.4. The van der Waals surface area contributed by atoms with Crippen molar-refractivity contribution in [3.63, 3.8) is 0 Å². The molecule has 0 aliphatic rings. The van der Waals surface area contributed by atoms with Gasteiger partial charge in [0.05, 0.1) is 28.4 Å². The molecule has 0 saturated heterocycles. The highest BCUT2D eigenvalue weighted by atomic mass is 15.2. The summed E-state index contributed by atoms with van der Waals surface area (Å²) in [6.07, 6.45) is 0. The maximum Gasteiger partial charge on any atom is 0.0525 e. The third kappa shape index (κ3) is 10.8. The zero-order valence-electron chi connectivity index (χ0n) is 56.6. The van der Waals surface area contributed by atoms with Crippen LogP contribution < -0.4 is 14.7 Å². The van der Waals surface area contributed by atoms with Crippen molar-refractivity contribution in [2.24, 2.45) is 0 Å². The van der Waals surface area contributed by atoms with Gasteiger partial charge in [0.15, 0.2) is 0 Å². The molecular weight excluding hydrogens is 1010 g/mol. The Morgan fingerprint density at radius 1 is 0.143 bits per heavy atom. The third-order valence-corrected chi connectivity index (χ3v) is 21.1. The fraction of sp³-hybridized carbons (Fsp3) is 0.333. The predicted molar refractivity (Wildman–Crippen MR) is 370 cm³/mol. The molecular formula is C81H97N3. The van der Waals surface area contributed by atoms with Crippen molar-refractivity contribution in [3.05, 3.63) is 247 Å². The van der Waals surface area contributed by atoms with Crippen LogP contribution in [0.4, 0.5) is 51.2 Å². The van der Waals surface area contributed by atoms with Crippen LogP contribution in [0.1, 0.15) is 150 Å². The number of hydrogen-bond acceptors (Lipinski definition) is 3. The minimum absolute atomic E-state index is 1.16. The van der Waals surface area contributed by atoms with E-state index in [1.54, 1.807) is 0 Å². The smallest absolute Gasteiger partial charge is 0.0525 e. The second-order valence-electron chi connectivity index (χ2n) is 25.1. The minimum Gasteiger partial charge on any atom is -0.310 e. The molecule has 9 aromatic carbocycles. The van der Waals surface area contributed by atoms with E-state index in [1.807, 2.05) is 0 Å². The Bertz CT molecular complexity index is 3750. The SMILES string of the molecule is Cc1ccc(N(c2c(C)c(C)c(C)c(C)c2C)c2c(C)c(C)c(C)c(C)c2C)cc1.Cc1ccc(N(c2ccc(-c3ccc(N(c4c(C)c(C)c(C)c(C)c4C)c4c(C)c(C)c(C)c(C)c4C)cc3)cc2)c2c(C)c(C)c(C)c(C)c2C)cc1. The average Bonchev–Trinajstić information content (AvgIpc) is 2.03. The maximum absolute atomic E-state index is 2.55. The molecule has 3 nitrogen and oxygen atoms in total. The van der Waals surface area contributed by atoms with E-state index in [0.717, 1.165) is 5.69 Å². The van der Waals surface area contributed by atoms with Crippen LogP contribution >= 0.6 is 0 Å². The van der Waals surface area contributed by atoms with Gasteiger partial charge in [-0.2, -0.15) is 0 Å². The lowest BCUT2D eigenvalue weighted by molar-refractivity contribution is 1.09. The lowest BCUT2D eigenvalue weighted by Crippen LogP contribution is -2.18. The number of aryl methyl sites for hydroxylation is 2. The van der Waals surface area contributed by atoms with Crippen LogP contribution in [0, 0.1) is 187 Å². The first kappa shape index (κ1) is 62.4. The molecule has 9 rings (SSSR count). The van der Waals surface area contributed by atoms with Crippen LogP contribution in [0.15, 0.2) is 97.1 Å². The van der Waals surface area contributed by atoms with Gasteiger partial charge >= 0.3 is 0 Å². The molecule has 0 unspecified atom stereocenters. The highest BCUT2D eigenvalue weighted by Crippen LogP contribution is 2.49. The molecule has 0 fully saturated rings. The molecule has 0 atom stereocenters. The van der Waals surface area contributed by atoms with Gasteiger partial charge in [0, 0.05) is 22.7 Å². The Morgan fingerprint density at radius 3 is 0.452 bits per heavy atom. The third-order valence-electron chi connectivity index (χ3n) is 21.1. The summed E-state index contributed by atoms with van der Waals surface area (Å²) in [6.45, 7) is 61.1. The second kappa shape index (κ2) is 24.2. The topological polar surface area (TPSA) is 9.72 Å². The molecule has 0 amide bonds. The quantitative estimate of drug-likeness (QED) is 0.135. The van der Waals surface area contributed by atoms with Crippen molar-refractivity contribution < 1.29 is 0 Å². The Kier molecular flexibility index (Phi) is 18.0. The van der Waals surface area contributed by atoms with Crippen LogP contribution in [-0.2, 0) is 0 Å². The predicted octanol–water partition coefficient (Wildman–Crippen LogP) is 23.8. The molecule has 0 N–H and O–H groups in total. The van der Waals surface area contributed by atoms with E-state index in [-0.39, 0.29) is 0 Å². The fourth-order valence-electron chi connectivity index (χ4n) is 13.2. The Hall–Kier alpha value is -7.62. The highest BCUT2D eigenvalue weighted by molar-refractivity contribution is 5.89. The van der Waals surface area contributed by atoms with Gasteiger partial charge in [-0.3, -0.25) is 0 Å². The Morgan fingerprint density at radius 2 is 0.274 bits per heavy atom. The van der Waals surface area contributed by atoms with Gasteiger partial charge in [-0.25, -0.2) is 0 Å². The van der Waals surface area contributed by atoms with Crippen LogP contribution in [0.5, 0.6) is 0 Å². The van der Waals surface area contributed by atoms with E-state index in [1.165, 1.54) is 207 Å². The summed E-state index contributed by atoms with van der Waals surface area (Å²) < 4.78 is 0. The second-order valence-corrected chi connectivity index (χ2v) is 25.1. The van der Waals surface area contributed by atoms with Crippen molar-refractivity contribution in [1.82, 2.24) is 0 Å². The molecule has 0 aromatic heterocycles. The molecule has 436 valence electrons. The molecule has 0 saturated carbocycles. The number of anilines is 9. The Balaban J connectivity index is 0.000000259. The van der Waals surface area contributed by atoms with E-state index in [0.29, 0.717) is 0 Å². The largest absolute Gasteiger partial charge is 0.310 e. The summed E-state index contributed by atoms with van der Waals surface area (Å²) in [7, 11) is 0. The number of rotatable bonds is 10. The zero-order valence-corrected chi connectivity index (χ0v) is 56.6. The van der Waals surface area contributed by atoms with E-state index >= 15 is 0 Å². The van der Waals surface area contributed by atoms with Crippen molar-refractivity contribution >= 4 is 51.2 Å². The van der Waals surface area contributed by atoms with Gasteiger partial charge < -0.3 is 14.7 Å². The van der Waals surface area contributed by atoms with E-state index < -0.39 is 0 Å². The van der Waals surface area contributed by atoms with Crippen molar-refractivity contribution in [2.45, 2.75) is 187 Å². The van der Waals surface area contributed by atoms with Gasteiger partial charge in [-0.15, -0.1) is 0 Å². The standard InChI is InChI=1S/C52H60N2.C29H37N/c1-29-17-23-47(24-18-29)53(50-39(11)33(5)30(2)34(6)40(50)12)48-25-19-45(20-26-48)46-21-27-49(28-22-46)54(51-41(13)35(7)31(3)36(8)42(51)14)52-43(15)37(9)32(4)38(10)44(52)16;1-16-12-14-27(15-13-16)30(28-23(8)19(4)17(2)20(5)24(28)9)29-25(10)21(6)18(3)22(7)26(29)11/h17-28H,1-16H3;12-15H,1-11H3. The first-order valence-corrected chi connectivity index (χ1v) is 30.5.